The lowest BCUT2D eigenvalue weighted by molar-refractivity contribution is 0.0844. The first kappa shape index (κ1) is 23.4. The molecule has 8 nitrogen and oxygen atoms in total. The highest BCUT2D eigenvalue weighted by Gasteiger charge is 2.26. The lowest BCUT2D eigenvalue weighted by Crippen LogP contribution is -2.44. The molecule has 0 unspecified atom stereocenters. The fourth-order valence-electron chi connectivity index (χ4n) is 4.13. The predicted octanol–water partition coefficient (Wildman–Crippen LogP) is 4.06. The molecule has 4 amide bonds. The van der Waals surface area contributed by atoms with Gasteiger partial charge < -0.3 is 10.2 Å². The number of hydrogen-bond acceptors (Lipinski definition) is 6. The van der Waals surface area contributed by atoms with Crippen LogP contribution in [0.1, 0.15) is 76.7 Å². The summed E-state index contributed by atoms with van der Waals surface area (Å²) in [4.78, 5) is 43.1. The summed E-state index contributed by atoms with van der Waals surface area (Å²) in [7, 11) is 0. The molecule has 0 atom stereocenters. The van der Waals surface area contributed by atoms with Crippen molar-refractivity contribution in [2.45, 2.75) is 50.9 Å². The second-order valence-electron chi connectivity index (χ2n) is 8.34. The zero-order valence-corrected chi connectivity index (χ0v) is 20.1. The van der Waals surface area contributed by atoms with Crippen molar-refractivity contribution in [2.75, 3.05) is 19.6 Å². The number of rotatable bonds is 6. The van der Waals surface area contributed by atoms with Gasteiger partial charge in [0.25, 0.3) is 11.8 Å². The molecule has 4 rings (SSSR count). The molecule has 176 valence electrons. The van der Waals surface area contributed by atoms with Crippen molar-refractivity contribution in [3.05, 3.63) is 50.1 Å². The number of thiophene rings is 1. The molecule has 2 aliphatic rings. The van der Waals surface area contributed by atoms with Gasteiger partial charge in [0.2, 0.25) is 0 Å². The molecule has 0 saturated carbocycles. The molecule has 0 spiro atoms. The van der Waals surface area contributed by atoms with Gasteiger partial charge in [0, 0.05) is 36.3 Å². The highest BCUT2D eigenvalue weighted by atomic mass is 32.1. The number of piperidine rings is 1. The fraction of sp³-hybridized carbons (Fsp3) is 0.478. The van der Waals surface area contributed by atoms with Crippen LogP contribution in [0.2, 0.25) is 0 Å². The first-order valence-electron chi connectivity index (χ1n) is 11.4. The Kier molecular flexibility index (Phi) is 8.11. The Morgan fingerprint density at radius 1 is 1.09 bits per heavy atom. The zero-order valence-electron chi connectivity index (χ0n) is 18.5. The summed E-state index contributed by atoms with van der Waals surface area (Å²) in [5, 5.41) is 9.17. The Morgan fingerprint density at radius 3 is 2.64 bits per heavy atom. The minimum Gasteiger partial charge on any atom is -0.338 e. The van der Waals surface area contributed by atoms with E-state index in [1.165, 1.54) is 47.5 Å². The molecule has 1 fully saturated rings. The number of amides is 4. The maximum absolute atomic E-state index is 12.5. The molecule has 1 aliphatic heterocycles. The van der Waals surface area contributed by atoms with E-state index in [-0.39, 0.29) is 23.6 Å². The van der Waals surface area contributed by atoms with Crippen LogP contribution in [0, 0.1) is 0 Å². The molecule has 0 radical (unpaired) electrons. The first-order chi connectivity index (χ1) is 16.1. The van der Waals surface area contributed by atoms with E-state index in [0.717, 1.165) is 30.7 Å². The molecule has 3 heterocycles. The van der Waals surface area contributed by atoms with Crippen molar-refractivity contribution >= 4 is 40.5 Å². The third-order valence-corrected chi connectivity index (χ3v) is 7.76. The normalized spacial score (nSPS) is 16.7. The third-order valence-electron chi connectivity index (χ3n) is 6.07. The largest absolute Gasteiger partial charge is 0.338 e. The van der Waals surface area contributed by atoms with Crippen molar-refractivity contribution in [1.29, 1.82) is 0 Å². The highest BCUT2D eigenvalue weighted by Crippen LogP contribution is 2.30. The van der Waals surface area contributed by atoms with Gasteiger partial charge in [-0.15, -0.1) is 11.3 Å². The number of allylic oxidation sites excluding steroid dienone is 1. The van der Waals surface area contributed by atoms with Crippen LogP contribution < -0.4 is 16.2 Å². The van der Waals surface area contributed by atoms with Gasteiger partial charge in [-0.25, -0.2) is 9.78 Å². The Bertz CT molecular complexity index is 994. The molecule has 2 aromatic heterocycles. The molecule has 3 N–H and O–H groups in total. The Balaban J connectivity index is 1.19. The second kappa shape index (κ2) is 11.4. The quantitative estimate of drug-likeness (QED) is 0.422. The lowest BCUT2D eigenvalue weighted by atomic mass is 9.97. The smallest absolute Gasteiger partial charge is 0.317 e. The number of aromatic nitrogens is 1. The average molecular weight is 488 g/mol. The maximum atomic E-state index is 12.5. The monoisotopic (exact) mass is 487 g/mol. The number of thiazole rings is 1. The van der Waals surface area contributed by atoms with Crippen molar-refractivity contribution in [2.24, 2.45) is 0 Å². The van der Waals surface area contributed by atoms with Gasteiger partial charge in [-0.2, -0.15) is 11.3 Å². The van der Waals surface area contributed by atoms with E-state index in [9.17, 15) is 14.4 Å². The van der Waals surface area contributed by atoms with E-state index < -0.39 is 5.91 Å². The summed E-state index contributed by atoms with van der Waals surface area (Å²) >= 11 is 2.86. The second-order valence-corrected chi connectivity index (χ2v) is 10.0. The van der Waals surface area contributed by atoms with Gasteiger partial charge >= 0.3 is 6.03 Å². The van der Waals surface area contributed by atoms with Gasteiger partial charge in [0.05, 0.1) is 10.6 Å². The summed E-state index contributed by atoms with van der Waals surface area (Å²) in [6, 6.07) is 1.69. The standard InChI is InChI=1S/C23H29N5O3S2/c29-20(18-9-13-32-14-18)26-27-21(30)19-15-33-22(25-19)17-7-11-28(12-8-17)23(31)24-10-6-16-4-2-1-3-5-16/h4,9,13-15,17H,1-3,5-8,10-12H2,(H,24,31)(H,26,29)(H,27,30). The molecule has 33 heavy (non-hydrogen) atoms. The van der Waals surface area contributed by atoms with Crippen LogP contribution in [0.5, 0.6) is 0 Å². The molecule has 2 aromatic rings. The maximum Gasteiger partial charge on any atom is 0.317 e. The van der Waals surface area contributed by atoms with Crippen LogP contribution in [0.3, 0.4) is 0 Å². The number of likely N-dealkylation sites (tertiary alicyclic amines) is 1. The minimum absolute atomic E-state index is 0.00503. The van der Waals surface area contributed by atoms with Gasteiger partial charge in [0.1, 0.15) is 5.69 Å². The van der Waals surface area contributed by atoms with Crippen LogP contribution in [-0.2, 0) is 0 Å². The van der Waals surface area contributed by atoms with Crippen molar-refractivity contribution in [1.82, 2.24) is 26.1 Å². The molecule has 10 heteroatoms. The average Bonchev–Trinajstić information content (AvgIpc) is 3.56. The third kappa shape index (κ3) is 6.42. The number of hydrazine groups is 1. The number of urea groups is 1. The van der Waals surface area contributed by atoms with Crippen LogP contribution in [0.15, 0.2) is 33.9 Å². The summed E-state index contributed by atoms with van der Waals surface area (Å²) in [6.45, 7) is 2.05. The molecule has 0 bridgehead atoms. The van der Waals surface area contributed by atoms with E-state index in [1.54, 1.807) is 22.2 Å². The summed E-state index contributed by atoms with van der Waals surface area (Å²) < 4.78 is 0. The first-order valence-corrected chi connectivity index (χ1v) is 13.2. The van der Waals surface area contributed by atoms with Crippen molar-refractivity contribution in [3.63, 3.8) is 0 Å². The van der Waals surface area contributed by atoms with Crippen molar-refractivity contribution in [3.8, 4) is 0 Å². The zero-order chi connectivity index (χ0) is 23.0. The Labute approximate surface area is 201 Å². The predicted molar refractivity (Wildman–Crippen MR) is 129 cm³/mol. The van der Waals surface area contributed by atoms with Crippen LogP contribution in [-0.4, -0.2) is 47.4 Å². The number of carbonyl (C=O) groups excluding carboxylic acids is 3. The van der Waals surface area contributed by atoms with Gasteiger partial charge in [-0.3, -0.25) is 20.4 Å². The number of hydrogen-bond donors (Lipinski definition) is 3. The lowest BCUT2D eigenvalue weighted by Gasteiger charge is -2.31. The van der Waals surface area contributed by atoms with E-state index in [0.29, 0.717) is 25.2 Å². The van der Waals surface area contributed by atoms with Crippen LogP contribution in [0.25, 0.3) is 0 Å². The number of nitrogens with zero attached hydrogens (tertiary/aromatic N) is 2. The topological polar surface area (TPSA) is 103 Å². The van der Waals surface area contributed by atoms with E-state index in [4.69, 9.17) is 0 Å². The van der Waals surface area contributed by atoms with Gasteiger partial charge in [-0.1, -0.05) is 11.6 Å². The Hall–Kier alpha value is -2.72. The molecule has 0 aromatic carbocycles. The van der Waals surface area contributed by atoms with Gasteiger partial charge in [-0.05, 0) is 56.4 Å². The molecular formula is C23H29N5O3S2. The minimum atomic E-state index is -0.439. The van der Waals surface area contributed by atoms with Crippen LogP contribution in [0.4, 0.5) is 4.79 Å². The summed E-state index contributed by atoms with van der Waals surface area (Å²) in [6.07, 6.45) is 9.78. The number of carbonyl (C=O) groups is 3. The van der Waals surface area contributed by atoms with E-state index in [2.05, 4.69) is 27.2 Å². The number of nitrogens with one attached hydrogen (secondary N) is 3. The van der Waals surface area contributed by atoms with Crippen LogP contribution >= 0.6 is 22.7 Å². The molecule has 1 aliphatic carbocycles. The summed E-state index contributed by atoms with van der Waals surface area (Å²) in [5.41, 5.74) is 7.08. The fourth-order valence-corrected chi connectivity index (χ4v) is 5.73. The summed E-state index contributed by atoms with van der Waals surface area (Å²) in [5.74, 6) is -0.569. The van der Waals surface area contributed by atoms with E-state index >= 15 is 0 Å². The molecule has 1 saturated heterocycles. The molecular weight excluding hydrogens is 458 g/mol. The highest BCUT2D eigenvalue weighted by molar-refractivity contribution is 7.10. The van der Waals surface area contributed by atoms with E-state index in [1.807, 2.05) is 4.90 Å². The Morgan fingerprint density at radius 2 is 1.91 bits per heavy atom. The van der Waals surface area contributed by atoms with Crippen molar-refractivity contribution < 1.29 is 14.4 Å². The van der Waals surface area contributed by atoms with Gasteiger partial charge in [0.15, 0.2) is 0 Å². The SMILES string of the molecule is O=C(NNC(=O)c1csc(C2CCN(C(=O)NCCC3=CCCCC3)CC2)n1)c1ccsc1.